The van der Waals surface area contributed by atoms with Crippen molar-refractivity contribution >= 4 is 150 Å². The first-order chi connectivity index (χ1) is 61.1. The molecule has 133 heavy (non-hydrogen) atoms. The number of allylic oxidation sites excluding steroid dienone is 1. The number of ether oxygens (including phenoxy) is 9. The number of carbonyl (C=O) groups excluding carboxylic acids is 3. The number of amides is 3. The van der Waals surface area contributed by atoms with Crippen molar-refractivity contribution in [1.29, 1.82) is 0 Å². The lowest BCUT2D eigenvalue weighted by molar-refractivity contribution is -0.00621. The standard InChI is InChI=1S/C17H26ClN3O4.C17H25ClN2O5.C17H23ClN2O4.C13H16ClNO.C10H13ClINO2.C10H11ClINO.C10H14ClNO2/c1-15(2,3)25-14(22)21-16(4)6-7-24-12-10(16)8-11(20-13(12)18)17(5,23)9-19;1-15(2,3)25-14(22)20-16(4)6-7-24-12-10(16)8-11(19-13(12)18)17(5,23)9-21;1-15(2,3)24-14(21)20-16(4)6-7-22-12-10(16)8-11(19-13(12)18)17(5)9-23-17;1-8(2)10-7-9-11(12(14)15-10)16-6-5-13(9,3)4;1-10(2,3-4-14)6-5-7(12)13-9(11)8(6)15;1-10(2)3-4-14-8-6(10)5-7(12)13-9(8)11;1-10(2,4-6-13)7-3-5-12-9(11)8(7)14/h8,23H,6-7,9,19H2,1-5H3,(H,21,22);8,21,23H,6-7,9H2,1-5H3,(H,20,22);8H,6-7,9H2,1-5H3,(H,20,21);7H,1,5-6H2,2-4H3;5,14-15H,3-4H2,1-2H3;5H,3-4H2,1-2H3;3,5,13-14H,4,6H2,1-2H3/t3*16-,17?;;;;/m000..../s1. The van der Waals surface area contributed by atoms with Crippen molar-refractivity contribution in [1.82, 2.24) is 50.8 Å². The molecule has 6 atom stereocenters. The molecule has 1 fully saturated rings. The zero-order valence-corrected chi connectivity index (χ0v) is 89.6. The summed E-state index contributed by atoms with van der Waals surface area (Å²) in [5.41, 5.74) is 6.65. The summed E-state index contributed by atoms with van der Waals surface area (Å²) < 4.78 is 51.3. The van der Waals surface area contributed by atoms with E-state index in [1.807, 2.05) is 118 Å². The van der Waals surface area contributed by atoms with E-state index in [1.165, 1.54) is 12.5 Å². The molecule has 0 aliphatic carbocycles. The van der Waals surface area contributed by atoms with E-state index in [-0.39, 0.29) is 84.4 Å². The molecule has 7 aromatic heterocycles. The molecule has 1 saturated heterocycles. The van der Waals surface area contributed by atoms with Gasteiger partial charge in [-0.1, -0.05) is 143 Å². The molecule has 0 bridgehead atoms. The number of aromatic hydroxyl groups is 2. The second-order valence-corrected chi connectivity index (χ2v) is 44.7. The summed E-state index contributed by atoms with van der Waals surface area (Å²) in [4.78, 5) is 65.7. The minimum Gasteiger partial charge on any atom is -0.504 e. The zero-order chi connectivity index (χ0) is 101. The van der Waals surface area contributed by atoms with Gasteiger partial charge in [0.25, 0.3) is 0 Å². The number of rotatable bonds is 15. The monoisotopic (exact) mass is 2210 g/mol. The lowest BCUT2D eigenvalue weighted by Gasteiger charge is -2.38. The summed E-state index contributed by atoms with van der Waals surface area (Å²) in [5, 5.41) is 77.8. The number of carbonyl (C=O) groups is 3. The minimum atomic E-state index is -1.57. The molecule has 39 heteroatoms. The maximum atomic E-state index is 12.3. The third-order valence-corrected chi connectivity index (χ3v) is 25.7. The van der Waals surface area contributed by atoms with Gasteiger partial charge in [0, 0.05) is 84.2 Å². The lowest BCUT2D eigenvalue weighted by atomic mass is 9.80. The number of aliphatic hydroxyl groups excluding tert-OH is 3. The Balaban J connectivity index is 0.000000215. The van der Waals surface area contributed by atoms with Gasteiger partial charge in [0.2, 0.25) is 0 Å². The lowest BCUT2D eigenvalue weighted by Crippen LogP contribution is -2.48. The number of pyridine rings is 7. The predicted molar refractivity (Wildman–Crippen MR) is 533 cm³/mol. The molecule has 6 aliphatic rings. The molecule has 736 valence electrons. The molecule has 0 saturated carbocycles. The number of nitrogens with two attached hydrogens (primary N) is 1. The van der Waals surface area contributed by atoms with Crippen LogP contribution in [-0.2, 0) is 74.0 Å². The van der Waals surface area contributed by atoms with Crippen molar-refractivity contribution in [3.63, 3.8) is 0 Å². The SMILES string of the molecule is C=C(C)c1cc2c(c(Cl)n1)OCCC2(C)C.CC(C)(C)OC(=O)N[C@@]1(C)CCOc2c1cc(C(C)(O)CN)nc2Cl.CC(C)(C)OC(=O)N[C@@]1(C)CCOc2c1cc(C(C)(O)CO)nc2Cl.CC(C)(C)OC(=O)N[C@@]1(C)CCOc2c1cc(C1(C)CO1)nc2Cl.CC(C)(CCO)c1cc(I)nc(Cl)c1O.CC(C)(CCO)c1ccnc(Cl)c1O.CC1(C)CCOc2c1cc(I)nc2Cl. The van der Waals surface area contributed by atoms with E-state index in [1.54, 1.807) is 78.9 Å². The van der Waals surface area contributed by atoms with Crippen molar-refractivity contribution in [2.24, 2.45) is 5.73 Å². The fraction of sp³-hybridized carbons (Fsp3) is 0.574. The molecule has 13 rings (SSSR count). The molecule has 3 amide bonds. The van der Waals surface area contributed by atoms with Crippen LogP contribution in [0, 0.1) is 7.40 Å². The van der Waals surface area contributed by atoms with Gasteiger partial charge < -0.3 is 100 Å². The van der Waals surface area contributed by atoms with Gasteiger partial charge in [0.1, 0.15) is 41.0 Å². The van der Waals surface area contributed by atoms with Gasteiger partial charge in [-0.25, -0.2) is 49.3 Å². The van der Waals surface area contributed by atoms with Crippen LogP contribution in [0.25, 0.3) is 5.57 Å². The zero-order valence-electron chi connectivity index (χ0n) is 80.0. The summed E-state index contributed by atoms with van der Waals surface area (Å²) >= 11 is 46.7. The Morgan fingerprint density at radius 3 is 1.19 bits per heavy atom. The molecule has 30 nitrogen and oxygen atoms in total. The van der Waals surface area contributed by atoms with E-state index in [0.717, 1.165) is 72.0 Å². The van der Waals surface area contributed by atoms with Gasteiger partial charge in [0.15, 0.2) is 76.3 Å². The van der Waals surface area contributed by atoms with Crippen LogP contribution < -0.4 is 45.4 Å². The first-order valence-corrected chi connectivity index (χ1v) is 47.9. The van der Waals surface area contributed by atoms with Crippen LogP contribution in [0.15, 0.2) is 55.2 Å². The number of epoxide rings is 1. The summed E-state index contributed by atoms with van der Waals surface area (Å²) in [5.74, 6) is 2.77. The fourth-order valence-corrected chi connectivity index (χ4v) is 17.2. The number of fused-ring (bicyclic) bond motifs is 5. The van der Waals surface area contributed by atoms with E-state index in [4.69, 9.17) is 140 Å². The normalized spacial score (nSPS) is 20.2. The van der Waals surface area contributed by atoms with Crippen molar-refractivity contribution < 1.29 is 92.8 Å². The minimum absolute atomic E-state index is 0.00705. The Kier molecular flexibility index (Phi) is 38.1. The second-order valence-electron chi connectivity index (χ2n) is 40.0. The Labute approximate surface area is 842 Å². The first-order valence-electron chi connectivity index (χ1n) is 43.1. The molecule has 7 aromatic rings. The average molecular weight is 2220 g/mol. The fourth-order valence-electron chi connectivity index (χ4n) is 14.2. The van der Waals surface area contributed by atoms with Gasteiger partial charge in [0.05, 0.1) is 85.6 Å². The number of aliphatic hydroxyl groups is 5. The Bertz CT molecular complexity index is 5230. The Morgan fingerprint density at radius 1 is 0.466 bits per heavy atom. The summed E-state index contributed by atoms with van der Waals surface area (Å²) in [6.45, 7) is 52.0. The van der Waals surface area contributed by atoms with Crippen LogP contribution in [-0.4, -0.2) is 172 Å². The van der Waals surface area contributed by atoms with E-state index in [2.05, 4.69) is 114 Å². The molecule has 3 unspecified atom stereocenters. The van der Waals surface area contributed by atoms with E-state index >= 15 is 0 Å². The molecule has 0 radical (unpaired) electrons. The van der Waals surface area contributed by atoms with E-state index in [9.17, 15) is 39.9 Å². The van der Waals surface area contributed by atoms with Crippen molar-refractivity contribution in [2.75, 3.05) is 66.0 Å². The molecule has 13 heterocycles. The van der Waals surface area contributed by atoms with Gasteiger partial charge in [-0.2, -0.15) is 0 Å². The predicted octanol–water partition coefficient (Wildman–Crippen LogP) is 20.4. The molecular weight excluding hydrogens is 2090 g/mol. The largest absolute Gasteiger partial charge is 0.504 e. The van der Waals surface area contributed by atoms with Gasteiger partial charge in [-0.05, 0) is 251 Å². The van der Waals surface area contributed by atoms with Gasteiger partial charge >= 0.3 is 18.3 Å². The van der Waals surface area contributed by atoms with Gasteiger partial charge in [-0.3, -0.25) is 0 Å². The highest BCUT2D eigenvalue weighted by molar-refractivity contribution is 14.1. The Hall–Kier alpha value is -6.59. The number of hydrogen-bond acceptors (Lipinski definition) is 27. The summed E-state index contributed by atoms with van der Waals surface area (Å²) in [6.07, 6.45) is 4.75. The molecular formula is C94H128Cl7I2N11O19. The van der Waals surface area contributed by atoms with Crippen LogP contribution >= 0.6 is 126 Å². The maximum Gasteiger partial charge on any atom is 0.408 e. The Morgan fingerprint density at radius 2 is 0.805 bits per heavy atom. The van der Waals surface area contributed by atoms with E-state index in [0.29, 0.717) is 115 Å². The third-order valence-electron chi connectivity index (χ3n) is 22.8. The van der Waals surface area contributed by atoms with Crippen molar-refractivity contribution in [2.45, 2.75) is 283 Å². The molecule has 12 N–H and O–H groups in total. The first kappa shape index (κ1) is 113. The number of alkyl carbamates (subject to hydrolysis) is 3. The van der Waals surface area contributed by atoms with Crippen molar-refractivity contribution in [3.05, 3.63) is 160 Å². The summed E-state index contributed by atoms with van der Waals surface area (Å²) in [7, 11) is 0. The van der Waals surface area contributed by atoms with Crippen LogP contribution in [0.1, 0.15) is 273 Å². The van der Waals surface area contributed by atoms with Gasteiger partial charge in [-0.15, -0.1) is 0 Å². The number of nitrogens with zero attached hydrogens (tertiary/aromatic N) is 7. The van der Waals surface area contributed by atoms with Crippen LogP contribution in [0.3, 0.4) is 0 Å². The smallest absolute Gasteiger partial charge is 0.408 e. The van der Waals surface area contributed by atoms with Crippen LogP contribution in [0.2, 0.25) is 36.1 Å². The topological polar surface area (TPSA) is 432 Å². The summed E-state index contributed by atoms with van der Waals surface area (Å²) in [6, 6.07) is 12.8. The molecule has 0 aromatic carbocycles. The average Bonchev–Trinajstić information content (AvgIpc) is 1.62. The number of aromatic nitrogens is 7. The quantitative estimate of drug-likeness (QED) is 0.0196. The molecule has 0 spiro atoms. The van der Waals surface area contributed by atoms with Crippen LogP contribution in [0.4, 0.5) is 14.4 Å². The third kappa shape index (κ3) is 30.2. The highest BCUT2D eigenvalue weighted by Gasteiger charge is 2.48. The van der Waals surface area contributed by atoms with E-state index < -0.39 is 75.1 Å². The highest BCUT2D eigenvalue weighted by atomic mass is 127. The number of hydrogen-bond donors (Lipinski definition) is 11. The van der Waals surface area contributed by atoms with Crippen LogP contribution in [0.5, 0.6) is 40.2 Å². The van der Waals surface area contributed by atoms with Crippen molar-refractivity contribution in [3.8, 4) is 40.2 Å². The second kappa shape index (κ2) is 44.7. The number of halogens is 9. The highest BCUT2D eigenvalue weighted by Crippen LogP contribution is 2.50. The maximum absolute atomic E-state index is 12.3. The number of nitrogens with one attached hydrogen (secondary N) is 3. The molecule has 6 aliphatic heterocycles.